The van der Waals surface area contributed by atoms with Gasteiger partial charge in [-0.3, -0.25) is 0 Å². The molecule has 8 nitrogen and oxygen atoms in total. The van der Waals surface area contributed by atoms with Crippen LogP contribution in [0.25, 0.3) is 28.0 Å². The van der Waals surface area contributed by atoms with Crippen LogP contribution in [0.2, 0.25) is 0 Å². The molecule has 1 atom stereocenters. The molecule has 1 unspecified atom stereocenters. The molecule has 43 heavy (non-hydrogen) atoms. The zero-order valence-corrected chi connectivity index (χ0v) is 24.5. The third-order valence-corrected chi connectivity index (χ3v) is 7.30. The maximum absolute atomic E-state index is 14.9. The highest BCUT2D eigenvalue weighted by atomic mass is 19.4. The number of aliphatic carboxylic acids is 1. The Morgan fingerprint density at radius 2 is 1.74 bits per heavy atom. The van der Waals surface area contributed by atoms with E-state index in [4.69, 9.17) is 14.9 Å². The Bertz CT molecular complexity index is 1720. The summed E-state index contributed by atoms with van der Waals surface area (Å²) in [5, 5.41) is 11.3. The molecule has 1 aliphatic heterocycles. The van der Waals surface area contributed by atoms with Crippen LogP contribution in [0.3, 0.4) is 0 Å². The Kier molecular flexibility index (Phi) is 9.19. The van der Waals surface area contributed by atoms with Crippen LogP contribution in [0.5, 0.6) is 0 Å². The first-order valence-corrected chi connectivity index (χ1v) is 13.8. The highest BCUT2D eigenvalue weighted by Crippen LogP contribution is 2.34. The first-order valence-electron chi connectivity index (χ1n) is 13.8. The number of carboxylic acids is 1. The number of nitrogens with zero attached hydrogens (tertiary/aromatic N) is 4. The van der Waals surface area contributed by atoms with Gasteiger partial charge in [-0.2, -0.15) is 18.2 Å². The standard InChI is InChI=1S/C29H32FN5O.C2HF3O2/c1-17(2)21-11-8-9-18(3)26(21)35-28-23(27(33-29(35)36)34-14-13-31-16-20(34)5)15-19(4)25(32-28)22-10-6-7-12-24(22)30;3-2(4,5)1(6)7/h6-12,15,17,20,31H,13-14,16H2,1-5H3;(H,6,7). The van der Waals surface area contributed by atoms with Gasteiger partial charge in [0.05, 0.1) is 16.8 Å². The van der Waals surface area contributed by atoms with Crippen molar-refractivity contribution in [2.75, 3.05) is 24.5 Å². The molecule has 0 spiro atoms. The molecular formula is C31H33F4N5O3. The van der Waals surface area contributed by atoms with Crippen molar-refractivity contribution >= 4 is 22.8 Å². The third-order valence-electron chi connectivity index (χ3n) is 7.30. The molecule has 3 heterocycles. The van der Waals surface area contributed by atoms with Gasteiger partial charge >= 0.3 is 17.8 Å². The van der Waals surface area contributed by atoms with E-state index in [0.29, 0.717) is 22.7 Å². The summed E-state index contributed by atoms with van der Waals surface area (Å²) < 4.78 is 48.2. The molecule has 0 saturated carbocycles. The van der Waals surface area contributed by atoms with Crippen LogP contribution >= 0.6 is 0 Å². The van der Waals surface area contributed by atoms with E-state index in [2.05, 4.69) is 36.0 Å². The fourth-order valence-corrected chi connectivity index (χ4v) is 5.19. The number of carbonyl (C=O) groups is 1. The largest absolute Gasteiger partial charge is 0.490 e. The Hall–Kier alpha value is -4.32. The van der Waals surface area contributed by atoms with Gasteiger partial charge < -0.3 is 15.3 Å². The summed E-state index contributed by atoms with van der Waals surface area (Å²) in [6, 6.07) is 14.9. The monoisotopic (exact) mass is 599 g/mol. The summed E-state index contributed by atoms with van der Waals surface area (Å²) in [5.74, 6) is -2.28. The zero-order chi connectivity index (χ0) is 31.6. The van der Waals surface area contributed by atoms with Gasteiger partial charge in [0.2, 0.25) is 0 Å². The lowest BCUT2D eigenvalue weighted by molar-refractivity contribution is -0.192. The van der Waals surface area contributed by atoms with Crippen LogP contribution in [-0.4, -0.2) is 57.5 Å². The van der Waals surface area contributed by atoms with Gasteiger partial charge in [0.15, 0.2) is 5.65 Å². The van der Waals surface area contributed by atoms with E-state index >= 15 is 0 Å². The van der Waals surface area contributed by atoms with Crippen molar-refractivity contribution in [3.05, 3.63) is 81.5 Å². The third kappa shape index (κ3) is 6.53. The maximum Gasteiger partial charge on any atom is 0.490 e. The molecule has 12 heteroatoms. The second kappa shape index (κ2) is 12.5. The summed E-state index contributed by atoms with van der Waals surface area (Å²) >= 11 is 0. The predicted molar refractivity (Wildman–Crippen MR) is 157 cm³/mol. The lowest BCUT2D eigenvalue weighted by atomic mass is 9.97. The molecule has 5 rings (SSSR count). The summed E-state index contributed by atoms with van der Waals surface area (Å²) in [6.45, 7) is 12.6. The number of piperazine rings is 1. The molecule has 0 bridgehead atoms. The van der Waals surface area contributed by atoms with E-state index in [-0.39, 0.29) is 23.5 Å². The van der Waals surface area contributed by atoms with Crippen molar-refractivity contribution in [3.63, 3.8) is 0 Å². The fourth-order valence-electron chi connectivity index (χ4n) is 5.19. The number of hydrogen-bond acceptors (Lipinski definition) is 6. The van der Waals surface area contributed by atoms with Crippen LogP contribution in [0.15, 0.2) is 53.3 Å². The number of rotatable bonds is 4. The van der Waals surface area contributed by atoms with Gasteiger partial charge in [-0.1, -0.05) is 44.2 Å². The average Bonchev–Trinajstić information content (AvgIpc) is 2.93. The van der Waals surface area contributed by atoms with Crippen molar-refractivity contribution < 1.29 is 27.5 Å². The maximum atomic E-state index is 14.9. The number of fused-ring (bicyclic) bond motifs is 1. The van der Waals surface area contributed by atoms with Crippen LogP contribution in [-0.2, 0) is 4.79 Å². The molecule has 0 amide bonds. The molecule has 4 aromatic rings. The SMILES string of the molecule is Cc1cc2c(N3CCNCC3C)nc(=O)n(-c3c(C)cccc3C(C)C)c2nc1-c1ccccc1F.O=C(O)C(F)(F)F. The van der Waals surface area contributed by atoms with E-state index in [9.17, 15) is 22.4 Å². The topological polar surface area (TPSA) is 100 Å². The van der Waals surface area contributed by atoms with Crippen LogP contribution in [0.4, 0.5) is 23.4 Å². The van der Waals surface area contributed by atoms with Crippen molar-refractivity contribution in [3.8, 4) is 16.9 Å². The molecule has 0 aliphatic carbocycles. The summed E-state index contributed by atoms with van der Waals surface area (Å²) in [7, 11) is 0. The molecule has 0 radical (unpaired) electrons. The Balaban J connectivity index is 0.000000541. The summed E-state index contributed by atoms with van der Waals surface area (Å²) in [5.41, 5.74) is 4.69. The molecule has 1 aliphatic rings. The van der Waals surface area contributed by atoms with E-state index in [1.54, 1.807) is 22.8 Å². The van der Waals surface area contributed by atoms with Gasteiger partial charge in [-0.15, -0.1) is 0 Å². The van der Waals surface area contributed by atoms with Crippen LogP contribution in [0.1, 0.15) is 43.4 Å². The van der Waals surface area contributed by atoms with Crippen molar-refractivity contribution in [1.82, 2.24) is 19.9 Å². The van der Waals surface area contributed by atoms with Gasteiger partial charge in [-0.05, 0) is 61.6 Å². The molecule has 2 N–H and O–H groups in total. The minimum atomic E-state index is -5.08. The number of anilines is 1. The fraction of sp³-hybridized carbons (Fsp3) is 0.355. The lowest BCUT2D eigenvalue weighted by Crippen LogP contribution is -2.50. The highest BCUT2D eigenvalue weighted by molar-refractivity contribution is 5.91. The number of halogens is 4. The van der Waals surface area contributed by atoms with Gasteiger partial charge in [0, 0.05) is 31.2 Å². The Labute approximate surface area is 246 Å². The van der Waals surface area contributed by atoms with Gasteiger partial charge in [0.1, 0.15) is 11.6 Å². The van der Waals surface area contributed by atoms with E-state index in [1.807, 2.05) is 38.1 Å². The highest BCUT2D eigenvalue weighted by Gasteiger charge is 2.38. The number of aromatic nitrogens is 3. The average molecular weight is 600 g/mol. The Morgan fingerprint density at radius 1 is 1.07 bits per heavy atom. The second-order valence-electron chi connectivity index (χ2n) is 10.8. The molecule has 228 valence electrons. The van der Waals surface area contributed by atoms with E-state index in [0.717, 1.165) is 47.4 Å². The van der Waals surface area contributed by atoms with Crippen LogP contribution < -0.4 is 15.9 Å². The van der Waals surface area contributed by atoms with Crippen molar-refractivity contribution in [1.29, 1.82) is 0 Å². The van der Waals surface area contributed by atoms with E-state index < -0.39 is 12.1 Å². The molecule has 1 fully saturated rings. The smallest absolute Gasteiger partial charge is 0.475 e. The summed E-state index contributed by atoms with van der Waals surface area (Å²) in [6.07, 6.45) is -5.08. The lowest BCUT2D eigenvalue weighted by Gasteiger charge is -2.35. The molecule has 2 aromatic heterocycles. The quantitative estimate of drug-likeness (QED) is 0.288. The number of pyridine rings is 1. The minimum absolute atomic E-state index is 0.168. The van der Waals surface area contributed by atoms with Crippen molar-refractivity contribution in [2.45, 2.75) is 52.8 Å². The number of para-hydroxylation sites is 1. The predicted octanol–water partition coefficient (Wildman–Crippen LogP) is 5.76. The molecule has 1 saturated heterocycles. The van der Waals surface area contributed by atoms with Gasteiger partial charge in [0.25, 0.3) is 0 Å². The van der Waals surface area contributed by atoms with E-state index in [1.165, 1.54) is 6.07 Å². The second-order valence-corrected chi connectivity index (χ2v) is 10.8. The molecule has 2 aromatic carbocycles. The molecular weight excluding hydrogens is 566 g/mol. The first-order chi connectivity index (χ1) is 20.2. The van der Waals surface area contributed by atoms with Crippen molar-refractivity contribution in [2.24, 2.45) is 0 Å². The van der Waals surface area contributed by atoms with Gasteiger partial charge in [-0.25, -0.2) is 23.5 Å². The number of alkyl halides is 3. The normalized spacial score (nSPS) is 15.4. The Morgan fingerprint density at radius 3 is 2.35 bits per heavy atom. The number of carboxylic acid groups (broad SMARTS) is 1. The number of benzene rings is 2. The first kappa shape index (κ1) is 31.6. The number of hydrogen-bond donors (Lipinski definition) is 2. The summed E-state index contributed by atoms with van der Waals surface area (Å²) in [4.78, 5) is 34.5. The zero-order valence-electron chi connectivity index (χ0n) is 24.5. The number of aryl methyl sites for hydroxylation is 2. The van der Waals surface area contributed by atoms with Crippen LogP contribution in [0, 0.1) is 19.7 Å². The minimum Gasteiger partial charge on any atom is -0.475 e. The number of nitrogens with one attached hydrogen (secondary N) is 1.